The number of aryl methyl sites for hydroxylation is 1. The van der Waals surface area contributed by atoms with Crippen LogP contribution in [0.25, 0.3) is 11.0 Å². The van der Waals surface area contributed by atoms with Gasteiger partial charge in [-0.2, -0.15) is 4.31 Å². The number of rotatable bonds is 5. The molecule has 2 heterocycles. The molecule has 1 fully saturated rings. The summed E-state index contributed by atoms with van der Waals surface area (Å²) in [7, 11) is -3.73. The monoisotopic (exact) mass is 443 g/mol. The van der Waals surface area contributed by atoms with Gasteiger partial charge in [-0.05, 0) is 36.8 Å². The van der Waals surface area contributed by atoms with Gasteiger partial charge in [0.2, 0.25) is 10.0 Å². The molecule has 4 rings (SSSR count). The Kier molecular flexibility index (Phi) is 5.90. The molecule has 0 saturated carbocycles. The second-order valence-electron chi connectivity index (χ2n) is 7.21. The highest BCUT2D eigenvalue weighted by molar-refractivity contribution is 7.89. The van der Waals surface area contributed by atoms with Crippen LogP contribution in [0, 0.1) is 6.92 Å². The number of hydrogen-bond donors (Lipinski definition) is 0. The number of fused-ring (bicyclic) bond motifs is 1. The maximum Gasteiger partial charge on any atom is 0.338 e. The van der Waals surface area contributed by atoms with Crippen LogP contribution in [0.3, 0.4) is 0 Å². The number of carbonyl (C=O) groups excluding carboxylic acids is 1. The molecule has 0 aliphatic carbocycles. The normalized spacial score (nSPS) is 15.1. The third-order valence-corrected chi connectivity index (χ3v) is 6.92. The van der Waals surface area contributed by atoms with Gasteiger partial charge in [0.05, 0.1) is 23.7 Å². The fraction of sp³-hybridized carbons (Fsp3) is 0.273. The molecule has 0 bridgehead atoms. The molecule has 0 unspecified atom stereocenters. The van der Waals surface area contributed by atoms with Gasteiger partial charge >= 0.3 is 11.6 Å². The summed E-state index contributed by atoms with van der Waals surface area (Å²) in [5, 5.41) is 0.668. The molecule has 1 aliphatic rings. The Morgan fingerprint density at radius 3 is 2.65 bits per heavy atom. The highest BCUT2D eigenvalue weighted by Crippen LogP contribution is 2.21. The largest absolute Gasteiger partial charge is 0.457 e. The predicted molar refractivity (Wildman–Crippen MR) is 112 cm³/mol. The van der Waals surface area contributed by atoms with E-state index in [9.17, 15) is 18.0 Å². The second-order valence-corrected chi connectivity index (χ2v) is 9.15. The van der Waals surface area contributed by atoms with Gasteiger partial charge in [-0.15, -0.1) is 0 Å². The van der Waals surface area contributed by atoms with E-state index in [2.05, 4.69) is 0 Å². The first kappa shape index (κ1) is 21.2. The number of benzene rings is 2. The summed E-state index contributed by atoms with van der Waals surface area (Å²) in [4.78, 5) is 24.5. The van der Waals surface area contributed by atoms with Crippen LogP contribution in [0.4, 0.5) is 0 Å². The van der Waals surface area contributed by atoms with Gasteiger partial charge in [0.1, 0.15) is 12.2 Å². The molecule has 0 radical (unpaired) electrons. The quantitative estimate of drug-likeness (QED) is 0.441. The molecule has 0 atom stereocenters. The number of carbonyl (C=O) groups is 1. The van der Waals surface area contributed by atoms with Crippen molar-refractivity contribution in [3.05, 3.63) is 75.6 Å². The average Bonchev–Trinajstić information content (AvgIpc) is 2.77. The molecule has 8 nitrogen and oxygen atoms in total. The number of sulfonamides is 1. The Morgan fingerprint density at radius 1 is 1.10 bits per heavy atom. The summed E-state index contributed by atoms with van der Waals surface area (Å²) in [6.45, 7) is 2.92. The summed E-state index contributed by atoms with van der Waals surface area (Å²) in [6.07, 6.45) is 0. The molecule has 3 aromatic rings. The summed E-state index contributed by atoms with van der Waals surface area (Å²) in [5.41, 5.74) is 1.43. The van der Waals surface area contributed by atoms with E-state index in [1.54, 1.807) is 12.1 Å². The van der Waals surface area contributed by atoms with Crippen molar-refractivity contribution in [1.29, 1.82) is 0 Å². The van der Waals surface area contributed by atoms with Crippen molar-refractivity contribution >= 4 is 27.0 Å². The van der Waals surface area contributed by atoms with Gasteiger partial charge in [0, 0.05) is 30.1 Å². The topological polar surface area (TPSA) is 103 Å². The van der Waals surface area contributed by atoms with Crippen molar-refractivity contribution in [3.63, 3.8) is 0 Å². The van der Waals surface area contributed by atoms with E-state index < -0.39 is 21.6 Å². The molecule has 1 aliphatic heterocycles. The van der Waals surface area contributed by atoms with Crippen LogP contribution in [-0.4, -0.2) is 45.0 Å². The maximum absolute atomic E-state index is 12.8. The van der Waals surface area contributed by atoms with Gasteiger partial charge in [0.25, 0.3) is 0 Å². The number of ether oxygens (including phenoxy) is 2. The number of morpholine rings is 1. The molecular weight excluding hydrogens is 422 g/mol. The highest BCUT2D eigenvalue weighted by atomic mass is 32.2. The summed E-state index contributed by atoms with van der Waals surface area (Å²) < 4.78 is 42.8. The number of hydrogen-bond acceptors (Lipinski definition) is 7. The van der Waals surface area contributed by atoms with E-state index in [0.29, 0.717) is 29.7 Å². The van der Waals surface area contributed by atoms with Crippen molar-refractivity contribution in [3.8, 4) is 0 Å². The zero-order chi connectivity index (χ0) is 22.0. The van der Waals surface area contributed by atoms with E-state index >= 15 is 0 Å². The van der Waals surface area contributed by atoms with Gasteiger partial charge < -0.3 is 13.9 Å². The molecule has 0 N–H and O–H groups in total. The zero-order valence-corrected chi connectivity index (χ0v) is 17.7. The van der Waals surface area contributed by atoms with E-state index in [-0.39, 0.29) is 30.2 Å². The van der Waals surface area contributed by atoms with E-state index in [4.69, 9.17) is 13.9 Å². The fourth-order valence-corrected chi connectivity index (χ4v) is 4.86. The van der Waals surface area contributed by atoms with Crippen molar-refractivity contribution in [2.75, 3.05) is 26.3 Å². The first-order valence-electron chi connectivity index (χ1n) is 9.73. The lowest BCUT2D eigenvalue weighted by Crippen LogP contribution is -2.40. The molecule has 1 aromatic heterocycles. The highest BCUT2D eigenvalue weighted by Gasteiger charge is 2.27. The van der Waals surface area contributed by atoms with E-state index in [0.717, 1.165) is 5.56 Å². The Bertz CT molecular complexity index is 1290. The lowest BCUT2D eigenvalue weighted by molar-refractivity contribution is 0.0473. The smallest absolute Gasteiger partial charge is 0.338 e. The van der Waals surface area contributed by atoms with E-state index in [1.807, 2.05) is 13.0 Å². The fourth-order valence-electron chi connectivity index (χ4n) is 3.40. The van der Waals surface area contributed by atoms with Gasteiger partial charge in [-0.3, -0.25) is 0 Å². The minimum absolute atomic E-state index is 0.0186. The first-order chi connectivity index (χ1) is 14.8. The van der Waals surface area contributed by atoms with E-state index in [1.165, 1.54) is 34.6 Å². The van der Waals surface area contributed by atoms with Crippen LogP contribution in [-0.2, 0) is 26.1 Å². The third-order valence-electron chi connectivity index (χ3n) is 5.02. The van der Waals surface area contributed by atoms with Gasteiger partial charge in [0.15, 0.2) is 0 Å². The minimum atomic E-state index is -3.73. The first-order valence-corrected chi connectivity index (χ1v) is 11.2. The summed E-state index contributed by atoms with van der Waals surface area (Å²) >= 11 is 0. The molecular formula is C22H21NO7S. The summed E-state index contributed by atoms with van der Waals surface area (Å²) in [5.74, 6) is -0.687. The number of esters is 1. The molecule has 1 saturated heterocycles. The van der Waals surface area contributed by atoms with Gasteiger partial charge in [-0.25, -0.2) is 18.0 Å². The second kappa shape index (κ2) is 8.62. The Hall–Kier alpha value is -3.01. The van der Waals surface area contributed by atoms with Crippen LogP contribution < -0.4 is 5.63 Å². The SMILES string of the molecule is Cc1ccc2c(COC(=O)c3cccc(S(=O)(=O)N4CCOCC4)c3)cc(=O)oc2c1. The molecule has 0 spiro atoms. The maximum atomic E-state index is 12.8. The minimum Gasteiger partial charge on any atom is -0.457 e. The molecule has 162 valence electrons. The lowest BCUT2D eigenvalue weighted by Gasteiger charge is -2.26. The van der Waals surface area contributed by atoms with Crippen molar-refractivity contribution < 1.29 is 27.1 Å². The Labute approximate surface area is 179 Å². The van der Waals surface area contributed by atoms with Gasteiger partial charge in [-0.1, -0.05) is 18.2 Å². The molecule has 2 aromatic carbocycles. The molecule has 31 heavy (non-hydrogen) atoms. The van der Waals surface area contributed by atoms with Crippen LogP contribution in [0.2, 0.25) is 0 Å². The van der Waals surface area contributed by atoms with Crippen molar-refractivity contribution in [1.82, 2.24) is 4.31 Å². The van der Waals surface area contributed by atoms with Crippen molar-refractivity contribution in [2.45, 2.75) is 18.4 Å². The number of nitrogens with zero attached hydrogens (tertiary/aromatic N) is 1. The van der Waals surface area contributed by atoms with Crippen molar-refractivity contribution in [2.24, 2.45) is 0 Å². The third kappa shape index (κ3) is 4.53. The Balaban J connectivity index is 1.54. The van der Waals surface area contributed by atoms with Crippen LogP contribution in [0.1, 0.15) is 21.5 Å². The standard InChI is InChI=1S/C22H21NO7S/c1-15-5-6-19-17(13-21(24)30-20(19)11-15)14-29-22(25)16-3-2-4-18(12-16)31(26,27)23-7-9-28-10-8-23/h2-6,11-13H,7-10,14H2,1H3. The lowest BCUT2D eigenvalue weighted by atomic mass is 10.1. The Morgan fingerprint density at radius 2 is 1.87 bits per heavy atom. The van der Waals surface area contributed by atoms with Crippen LogP contribution in [0.15, 0.2) is 62.6 Å². The van der Waals surface area contributed by atoms with Crippen LogP contribution in [0.5, 0.6) is 0 Å². The molecule has 9 heteroatoms. The predicted octanol–water partition coefficient (Wildman–Crippen LogP) is 2.48. The average molecular weight is 443 g/mol. The van der Waals surface area contributed by atoms with Crippen LogP contribution >= 0.6 is 0 Å². The summed E-state index contributed by atoms with van der Waals surface area (Å²) in [6, 6.07) is 12.4. The zero-order valence-electron chi connectivity index (χ0n) is 16.9. The molecule has 0 amide bonds.